The number of rotatable bonds is 5. The molecule has 3 rings (SSSR count). The molecule has 1 N–H and O–H groups in total. The molecule has 0 radical (unpaired) electrons. The van der Waals surface area contributed by atoms with Gasteiger partial charge in [0.2, 0.25) is 5.13 Å². The van der Waals surface area contributed by atoms with Crippen LogP contribution < -0.4 is 10.2 Å². The van der Waals surface area contributed by atoms with Crippen LogP contribution in [0.4, 0.5) is 5.13 Å². The fourth-order valence-corrected chi connectivity index (χ4v) is 2.73. The molecule has 0 amide bonds. The fourth-order valence-electron chi connectivity index (χ4n) is 2.07. The fraction of sp³-hybridized carbons (Fsp3) is 0.111. The Balaban J connectivity index is 1.67. The lowest BCUT2D eigenvalue weighted by atomic mass is 10.1. The Morgan fingerprint density at radius 3 is 2.78 bits per heavy atom. The van der Waals surface area contributed by atoms with Gasteiger partial charge in [0.25, 0.3) is 0 Å². The zero-order valence-corrected chi connectivity index (χ0v) is 13.8. The van der Waals surface area contributed by atoms with Gasteiger partial charge >= 0.3 is 0 Å². The van der Waals surface area contributed by atoms with Crippen molar-refractivity contribution in [2.24, 2.45) is 5.10 Å². The predicted octanol–water partition coefficient (Wildman–Crippen LogP) is 4.57. The van der Waals surface area contributed by atoms with Gasteiger partial charge in [-0.25, -0.2) is 4.98 Å². The van der Waals surface area contributed by atoms with Crippen LogP contribution in [-0.2, 0) is 0 Å². The minimum absolute atomic E-state index is 0.764. The number of ether oxygens (including phenoxy) is 1. The van der Waals surface area contributed by atoms with E-state index < -0.39 is 0 Å². The van der Waals surface area contributed by atoms with Crippen LogP contribution in [0, 0.1) is 6.92 Å². The molecule has 0 fully saturated rings. The summed E-state index contributed by atoms with van der Waals surface area (Å²) in [5.74, 6) is 0.810. The summed E-state index contributed by atoms with van der Waals surface area (Å²) in [5, 5.41) is 7.01. The topological polar surface area (TPSA) is 46.5 Å². The molecule has 23 heavy (non-hydrogen) atoms. The van der Waals surface area contributed by atoms with E-state index in [9.17, 15) is 0 Å². The van der Waals surface area contributed by atoms with Gasteiger partial charge in [-0.2, -0.15) is 5.10 Å². The second-order valence-electron chi connectivity index (χ2n) is 5.05. The molecule has 2 aromatic carbocycles. The van der Waals surface area contributed by atoms with Crippen LogP contribution in [0.5, 0.6) is 5.75 Å². The van der Waals surface area contributed by atoms with Crippen LogP contribution in [0.1, 0.15) is 11.1 Å². The van der Waals surface area contributed by atoms with Crippen LogP contribution in [0.15, 0.2) is 59.0 Å². The summed E-state index contributed by atoms with van der Waals surface area (Å²) in [5.41, 5.74) is 7.23. The Labute approximate surface area is 139 Å². The SMILES string of the molecule is COc1cccc(/C=N\Nc2nc(-c3ccc(C)cc3)cs2)c1. The Hall–Kier alpha value is -2.66. The summed E-state index contributed by atoms with van der Waals surface area (Å²) in [6.07, 6.45) is 1.75. The van der Waals surface area contributed by atoms with Crippen LogP contribution in [0.25, 0.3) is 11.3 Å². The maximum Gasteiger partial charge on any atom is 0.203 e. The zero-order valence-electron chi connectivity index (χ0n) is 13.0. The first-order valence-electron chi connectivity index (χ1n) is 7.20. The number of aryl methyl sites for hydroxylation is 1. The lowest BCUT2D eigenvalue weighted by Gasteiger charge is -1.99. The first-order chi connectivity index (χ1) is 11.2. The van der Waals surface area contributed by atoms with E-state index in [1.54, 1.807) is 13.3 Å². The quantitative estimate of drug-likeness (QED) is 0.552. The molecule has 0 atom stereocenters. The highest BCUT2D eigenvalue weighted by atomic mass is 32.1. The lowest BCUT2D eigenvalue weighted by Crippen LogP contribution is -1.91. The van der Waals surface area contributed by atoms with Crippen LogP contribution in [0.3, 0.4) is 0 Å². The molecule has 4 nitrogen and oxygen atoms in total. The average molecular weight is 323 g/mol. The van der Waals surface area contributed by atoms with E-state index in [4.69, 9.17) is 4.74 Å². The molecule has 0 aliphatic heterocycles. The van der Waals surface area contributed by atoms with Crippen LogP contribution in [-0.4, -0.2) is 18.3 Å². The largest absolute Gasteiger partial charge is 0.497 e. The van der Waals surface area contributed by atoms with E-state index in [2.05, 4.69) is 46.7 Å². The molecular weight excluding hydrogens is 306 g/mol. The van der Waals surface area contributed by atoms with Gasteiger partial charge in [-0.05, 0) is 24.6 Å². The third-order valence-electron chi connectivity index (χ3n) is 3.32. The van der Waals surface area contributed by atoms with E-state index in [-0.39, 0.29) is 0 Å². The number of benzene rings is 2. The van der Waals surface area contributed by atoms with E-state index in [0.717, 1.165) is 27.7 Å². The highest BCUT2D eigenvalue weighted by molar-refractivity contribution is 7.14. The van der Waals surface area contributed by atoms with Gasteiger partial charge in [0.05, 0.1) is 19.0 Å². The minimum atomic E-state index is 0.764. The molecule has 0 saturated heterocycles. The van der Waals surface area contributed by atoms with Gasteiger partial charge in [0.15, 0.2) is 0 Å². The molecule has 0 bridgehead atoms. The van der Waals surface area contributed by atoms with Crippen molar-refractivity contribution in [3.63, 3.8) is 0 Å². The molecule has 0 aliphatic rings. The van der Waals surface area contributed by atoms with Gasteiger partial charge < -0.3 is 4.74 Å². The van der Waals surface area contributed by atoms with E-state index >= 15 is 0 Å². The van der Waals surface area contributed by atoms with Crippen molar-refractivity contribution >= 4 is 22.7 Å². The number of nitrogens with zero attached hydrogens (tertiary/aromatic N) is 2. The molecule has 1 heterocycles. The normalized spacial score (nSPS) is 10.9. The number of hydrogen-bond acceptors (Lipinski definition) is 5. The first kappa shape index (κ1) is 15.2. The molecule has 0 unspecified atom stereocenters. The van der Waals surface area contributed by atoms with Crippen molar-refractivity contribution in [2.45, 2.75) is 6.92 Å². The van der Waals surface area contributed by atoms with Crippen molar-refractivity contribution in [3.05, 3.63) is 65.0 Å². The molecular formula is C18H17N3OS. The molecule has 0 aliphatic carbocycles. The molecule has 116 valence electrons. The summed E-state index contributed by atoms with van der Waals surface area (Å²) in [6, 6.07) is 16.0. The third kappa shape index (κ3) is 3.96. The van der Waals surface area contributed by atoms with Gasteiger partial charge in [-0.1, -0.05) is 42.0 Å². The van der Waals surface area contributed by atoms with Crippen molar-refractivity contribution in [1.82, 2.24) is 4.98 Å². The molecule has 3 aromatic rings. The van der Waals surface area contributed by atoms with E-state index in [1.807, 2.05) is 29.6 Å². The van der Waals surface area contributed by atoms with Gasteiger partial charge in [-0.3, -0.25) is 5.43 Å². The maximum atomic E-state index is 5.19. The van der Waals surface area contributed by atoms with Crippen LogP contribution >= 0.6 is 11.3 Å². The summed E-state index contributed by atoms with van der Waals surface area (Å²) < 4.78 is 5.19. The number of anilines is 1. The van der Waals surface area contributed by atoms with Crippen LogP contribution in [0.2, 0.25) is 0 Å². The summed E-state index contributed by atoms with van der Waals surface area (Å²) >= 11 is 1.53. The molecule has 5 heteroatoms. The molecule has 0 spiro atoms. The van der Waals surface area contributed by atoms with E-state index in [0.29, 0.717) is 0 Å². The first-order valence-corrected chi connectivity index (χ1v) is 8.08. The Morgan fingerprint density at radius 1 is 1.17 bits per heavy atom. The Bertz CT molecular complexity index is 809. The number of aromatic nitrogens is 1. The van der Waals surface area contributed by atoms with Gasteiger partial charge in [0, 0.05) is 10.9 Å². The van der Waals surface area contributed by atoms with Gasteiger partial charge in [-0.15, -0.1) is 11.3 Å². The second-order valence-corrected chi connectivity index (χ2v) is 5.91. The van der Waals surface area contributed by atoms with Gasteiger partial charge in [0.1, 0.15) is 5.75 Å². The Morgan fingerprint density at radius 2 is 2.00 bits per heavy atom. The zero-order chi connectivity index (χ0) is 16.1. The highest BCUT2D eigenvalue weighted by Crippen LogP contribution is 2.25. The number of methoxy groups -OCH3 is 1. The Kier molecular flexibility index (Phi) is 4.68. The number of hydrazone groups is 1. The number of thiazole rings is 1. The van der Waals surface area contributed by atoms with Crippen molar-refractivity contribution in [3.8, 4) is 17.0 Å². The summed E-state index contributed by atoms with van der Waals surface area (Å²) in [7, 11) is 1.65. The lowest BCUT2D eigenvalue weighted by molar-refractivity contribution is 0.415. The monoisotopic (exact) mass is 323 g/mol. The van der Waals surface area contributed by atoms with Crippen molar-refractivity contribution in [1.29, 1.82) is 0 Å². The molecule has 0 saturated carbocycles. The van der Waals surface area contributed by atoms with Crippen molar-refractivity contribution in [2.75, 3.05) is 12.5 Å². The third-order valence-corrected chi connectivity index (χ3v) is 4.07. The average Bonchev–Trinajstić information content (AvgIpc) is 3.04. The number of hydrogen-bond donors (Lipinski definition) is 1. The standard InChI is InChI=1S/C18H17N3OS/c1-13-6-8-15(9-7-13)17-12-23-18(20-17)21-19-11-14-4-3-5-16(10-14)22-2/h3-12H,1-2H3,(H,20,21)/b19-11-. The smallest absolute Gasteiger partial charge is 0.203 e. The highest BCUT2D eigenvalue weighted by Gasteiger charge is 2.03. The maximum absolute atomic E-state index is 5.19. The second kappa shape index (κ2) is 7.07. The predicted molar refractivity (Wildman–Crippen MR) is 96.5 cm³/mol. The van der Waals surface area contributed by atoms with Crippen molar-refractivity contribution < 1.29 is 4.74 Å². The number of nitrogens with one attached hydrogen (secondary N) is 1. The summed E-state index contributed by atoms with van der Waals surface area (Å²) in [4.78, 5) is 4.54. The molecule has 1 aromatic heterocycles. The minimum Gasteiger partial charge on any atom is -0.497 e. The van der Waals surface area contributed by atoms with E-state index in [1.165, 1.54) is 16.9 Å². The summed E-state index contributed by atoms with van der Waals surface area (Å²) in [6.45, 7) is 2.07.